The fourth-order valence-corrected chi connectivity index (χ4v) is 6.25. The van der Waals surface area contributed by atoms with Crippen LogP contribution in [0.25, 0.3) is 0 Å². The number of piperidine rings is 1. The van der Waals surface area contributed by atoms with E-state index in [9.17, 15) is 8.42 Å². The van der Waals surface area contributed by atoms with Crippen LogP contribution in [-0.2, 0) is 10.0 Å². The highest BCUT2D eigenvalue weighted by Crippen LogP contribution is 2.38. The average Bonchev–Trinajstić information content (AvgIpc) is 2.91. The molecule has 0 aromatic rings. The number of hydrogen-bond donors (Lipinski definition) is 1. The molecule has 3 rings (SSSR count). The number of nitrogens with one attached hydrogen (secondary N) is 1. The Bertz CT molecular complexity index is 418. The van der Waals surface area contributed by atoms with Crippen LogP contribution in [0.4, 0.5) is 0 Å². The summed E-state index contributed by atoms with van der Waals surface area (Å²) >= 11 is 0. The maximum absolute atomic E-state index is 12.6. The summed E-state index contributed by atoms with van der Waals surface area (Å²) in [4.78, 5) is 0. The van der Waals surface area contributed by atoms with Crippen molar-refractivity contribution >= 4 is 10.0 Å². The van der Waals surface area contributed by atoms with Gasteiger partial charge >= 0.3 is 0 Å². The van der Waals surface area contributed by atoms with Gasteiger partial charge in [-0.05, 0) is 63.5 Å². The van der Waals surface area contributed by atoms with E-state index < -0.39 is 10.0 Å². The molecule has 1 N–H and O–H groups in total. The lowest BCUT2D eigenvalue weighted by Gasteiger charge is -2.31. The largest absolute Gasteiger partial charge is 0.317 e. The molecule has 2 unspecified atom stereocenters. The van der Waals surface area contributed by atoms with Crippen molar-refractivity contribution in [2.75, 3.05) is 25.4 Å². The Kier molecular flexibility index (Phi) is 4.68. The minimum Gasteiger partial charge on any atom is -0.317 e. The smallest absolute Gasteiger partial charge is 0.214 e. The third kappa shape index (κ3) is 3.20. The monoisotopic (exact) mass is 300 g/mol. The van der Waals surface area contributed by atoms with Crippen LogP contribution in [0.2, 0.25) is 0 Å². The summed E-state index contributed by atoms with van der Waals surface area (Å²) in [6.07, 6.45) is 9.08. The van der Waals surface area contributed by atoms with E-state index in [1.165, 1.54) is 19.3 Å². The standard InChI is InChI=1S/C15H28N2O2S/c18-20(19,12-8-13-5-9-16-10-6-13)17-11-7-14-3-1-2-4-15(14)17/h13-16H,1-12H2. The van der Waals surface area contributed by atoms with Crippen LogP contribution in [0, 0.1) is 11.8 Å². The average molecular weight is 300 g/mol. The normalized spacial score (nSPS) is 33.2. The van der Waals surface area contributed by atoms with Crippen LogP contribution < -0.4 is 5.32 Å². The summed E-state index contributed by atoms with van der Waals surface area (Å²) in [5.74, 6) is 1.63. The summed E-state index contributed by atoms with van der Waals surface area (Å²) in [6, 6.07) is 0.335. The second-order valence-corrected chi connectivity index (χ2v) is 8.85. The molecule has 20 heavy (non-hydrogen) atoms. The first-order valence-corrected chi connectivity index (χ1v) is 9.98. The van der Waals surface area contributed by atoms with E-state index in [1.807, 2.05) is 4.31 Å². The van der Waals surface area contributed by atoms with Gasteiger partial charge in [0.2, 0.25) is 10.0 Å². The zero-order chi connectivity index (χ0) is 14.0. The van der Waals surface area contributed by atoms with Crippen molar-refractivity contribution in [1.82, 2.24) is 9.62 Å². The van der Waals surface area contributed by atoms with Crippen LogP contribution in [0.3, 0.4) is 0 Å². The number of fused-ring (bicyclic) bond motifs is 1. The summed E-state index contributed by atoms with van der Waals surface area (Å²) in [5.41, 5.74) is 0. The minimum atomic E-state index is -3.02. The van der Waals surface area contributed by atoms with Gasteiger partial charge in [0.15, 0.2) is 0 Å². The Morgan fingerprint density at radius 1 is 1.00 bits per heavy atom. The first-order valence-electron chi connectivity index (χ1n) is 8.37. The summed E-state index contributed by atoms with van der Waals surface area (Å²) in [7, 11) is -3.02. The van der Waals surface area contributed by atoms with Gasteiger partial charge < -0.3 is 5.32 Å². The third-order valence-electron chi connectivity index (χ3n) is 5.56. The lowest BCUT2D eigenvalue weighted by atomic mass is 9.86. The molecule has 0 amide bonds. The van der Waals surface area contributed by atoms with Crippen molar-refractivity contribution in [3.63, 3.8) is 0 Å². The maximum Gasteiger partial charge on any atom is 0.214 e. The van der Waals surface area contributed by atoms with Crippen LogP contribution in [0.15, 0.2) is 0 Å². The molecule has 5 heteroatoms. The van der Waals surface area contributed by atoms with Crippen LogP contribution in [0.1, 0.15) is 51.4 Å². The van der Waals surface area contributed by atoms with Gasteiger partial charge in [0.1, 0.15) is 0 Å². The van der Waals surface area contributed by atoms with E-state index in [0.29, 0.717) is 23.6 Å². The van der Waals surface area contributed by atoms with E-state index in [2.05, 4.69) is 5.32 Å². The molecule has 4 nitrogen and oxygen atoms in total. The van der Waals surface area contributed by atoms with Gasteiger partial charge in [0.05, 0.1) is 5.75 Å². The van der Waals surface area contributed by atoms with Crippen molar-refractivity contribution < 1.29 is 8.42 Å². The van der Waals surface area contributed by atoms with Crippen LogP contribution in [0.5, 0.6) is 0 Å². The van der Waals surface area contributed by atoms with Crippen molar-refractivity contribution in [2.45, 2.75) is 57.4 Å². The van der Waals surface area contributed by atoms with E-state index in [0.717, 1.165) is 51.7 Å². The predicted octanol–water partition coefficient (Wildman–Crippen LogP) is 1.97. The minimum absolute atomic E-state index is 0.335. The fourth-order valence-electron chi connectivity index (χ4n) is 4.31. The molecule has 0 spiro atoms. The zero-order valence-corrected chi connectivity index (χ0v) is 13.2. The lowest BCUT2D eigenvalue weighted by molar-refractivity contribution is 0.259. The second-order valence-electron chi connectivity index (χ2n) is 6.81. The van der Waals surface area contributed by atoms with Gasteiger partial charge in [0, 0.05) is 12.6 Å². The lowest BCUT2D eigenvalue weighted by Crippen LogP contribution is -2.41. The summed E-state index contributed by atoms with van der Waals surface area (Å²) in [6.45, 7) is 2.89. The molecule has 116 valence electrons. The Morgan fingerprint density at radius 2 is 1.75 bits per heavy atom. The predicted molar refractivity (Wildman–Crippen MR) is 81.1 cm³/mol. The van der Waals surface area contributed by atoms with Gasteiger partial charge in [-0.15, -0.1) is 0 Å². The zero-order valence-electron chi connectivity index (χ0n) is 12.4. The summed E-state index contributed by atoms with van der Waals surface area (Å²) in [5, 5.41) is 3.34. The molecule has 0 aromatic heterocycles. The van der Waals surface area contributed by atoms with Crippen LogP contribution in [-0.4, -0.2) is 44.2 Å². The Hall–Kier alpha value is -0.130. The highest BCUT2D eigenvalue weighted by Gasteiger charge is 2.41. The van der Waals surface area contributed by atoms with E-state index >= 15 is 0 Å². The highest BCUT2D eigenvalue weighted by molar-refractivity contribution is 7.89. The molecule has 1 aliphatic carbocycles. The van der Waals surface area contributed by atoms with Gasteiger partial charge in [-0.3, -0.25) is 0 Å². The Balaban J connectivity index is 1.57. The molecular formula is C15H28N2O2S. The fraction of sp³-hybridized carbons (Fsp3) is 1.00. The third-order valence-corrected chi connectivity index (χ3v) is 7.48. The maximum atomic E-state index is 12.6. The molecule has 0 radical (unpaired) electrons. The summed E-state index contributed by atoms with van der Waals surface area (Å²) < 4.78 is 27.2. The van der Waals surface area contributed by atoms with Crippen LogP contribution >= 0.6 is 0 Å². The number of nitrogens with zero attached hydrogens (tertiary/aromatic N) is 1. The molecule has 3 aliphatic rings. The van der Waals surface area contributed by atoms with E-state index in [1.54, 1.807) is 0 Å². The van der Waals surface area contributed by atoms with Gasteiger partial charge in [-0.1, -0.05) is 12.8 Å². The SMILES string of the molecule is O=S(=O)(CCC1CCNCC1)N1CCC2CCCCC21. The second kappa shape index (κ2) is 6.32. The van der Waals surface area contributed by atoms with Crippen molar-refractivity contribution in [3.05, 3.63) is 0 Å². The molecule has 2 aliphatic heterocycles. The van der Waals surface area contributed by atoms with Crippen molar-refractivity contribution in [3.8, 4) is 0 Å². The first-order chi connectivity index (χ1) is 9.67. The topological polar surface area (TPSA) is 49.4 Å². The first kappa shape index (κ1) is 14.8. The van der Waals surface area contributed by atoms with Crippen molar-refractivity contribution in [2.24, 2.45) is 11.8 Å². The molecule has 1 saturated carbocycles. The highest BCUT2D eigenvalue weighted by atomic mass is 32.2. The van der Waals surface area contributed by atoms with E-state index in [4.69, 9.17) is 0 Å². The van der Waals surface area contributed by atoms with Gasteiger partial charge in [0.25, 0.3) is 0 Å². The number of sulfonamides is 1. The molecule has 3 fully saturated rings. The molecular weight excluding hydrogens is 272 g/mol. The molecule has 2 heterocycles. The molecule has 2 saturated heterocycles. The van der Waals surface area contributed by atoms with Gasteiger partial charge in [-0.25, -0.2) is 8.42 Å². The molecule has 0 bridgehead atoms. The van der Waals surface area contributed by atoms with E-state index in [-0.39, 0.29) is 0 Å². The quantitative estimate of drug-likeness (QED) is 0.863. The number of rotatable bonds is 4. The number of hydrogen-bond acceptors (Lipinski definition) is 3. The van der Waals surface area contributed by atoms with Gasteiger partial charge in [-0.2, -0.15) is 4.31 Å². The Morgan fingerprint density at radius 3 is 2.55 bits per heavy atom. The van der Waals surface area contributed by atoms with Crippen molar-refractivity contribution in [1.29, 1.82) is 0 Å². The Labute approximate surface area is 123 Å². The molecule has 0 aromatic carbocycles. The molecule has 2 atom stereocenters.